The molecule has 0 aromatic carbocycles. The molecule has 0 aromatic heterocycles. The molecule has 0 spiro atoms. The van der Waals surface area contributed by atoms with Crippen molar-refractivity contribution in [3.8, 4) is 0 Å². The Morgan fingerprint density at radius 2 is 2.05 bits per heavy atom. The van der Waals surface area contributed by atoms with Gasteiger partial charge in [0.15, 0.2) is 5.96 Å². The summed E-state index contributed by atoms with van der Waals surface area (Å²) < 4.78 is 0. The Balaban J connectivity index is 0.00000441. The lowest BCUT2D eigenvalue weighted by atomic mass is 9.93. The molecule has 0 bridgehead atoms. The third-order valence-electron chi connectivity index (χ3n) is 3.93. The van der Waals surface area contributed by atoms with Gasteiger partial charge in [-0.05, 0) is 32.1 Å². The van der Waals surface area contributed by atoms with Gasteiger partial charge in [0.2, 0.25) is 5.91 Å². The molecule has 1 amide bonds. The summed E-state index contributed by atoms with van der Waals surface area (Å²) in [4.78, 5) is 18.7. The zero-order valence-electron chi connectivity index (χ0n) is 14.7. The van der Waals surface area contributed by atoms with E-state index in [1.165, 1.54) is 6.42 Å². The molecular weight excluding hydrogens is 391 g/mol. The van der Waals surface area contributed by atoms with Gasteiger partial charge in [0.05, 0.1) is 6.54 Å². The summed E-state index contributed by atoms with van der Waals surface area (Å²) in [7, 11) is 0. The van der Waals surface area contributed by atoms with Crippen LogP contribution in [-0.2, 0) is 4.79 Å². The standard InChI is InChI=1S/C16H32N4O.HI/c1-6-13(3)19-14(21)8-10-18-15(17-7-2)20-11-9-16(4,5)12-20;/h13H,6-12H2,1-5H3,(H,17,18)(H,19,21);1H. The normalized spacial score (nSPS) is 18.6. The molecule has 1 rings (SSSR count). The van der Waals surface area contributed by atoms with E-state index in [9.17, 15) is 4.79 Å². The molecule has 1 saturated heterocycles. The fourth-order valence-electron chi connectivity index (χ4n) is 2.43. The van der Waals surface area contributed by atoms with Crippen LogP contribution < -0.4 is 10.6 Å². The first kappa shape index (κ1) is 21.5. The van der Waals surface area contributed by atoms with Gasteiger partial charge in [-0.1, -0.05) is 20.8 Å². The lowest BCUT2D eigenvalue weighted by molar-refractivity contribution is -0.121. The minimum absolute atomic E-state index is 0. The number of nitrogens with zero attached hydrogens (tertiary/aromatic N) is 2. The fraction of sp³-hybridized carbons (Fsp3) is 0.875. The van der Waals surface area contributed by atoms with Crippen molar-refractivity contribution >= 4 is 35.8 Å². The zero-order valence-corrected chi connectivity index (χ0v) is 17.1. The van der Waals surface area contributed by atoms with E-state index in [0.717, 1.165) is 32.0 Å². The van der Waals surface area contributed by atoms with Crippen molar-refractivity contribution in [2.45, 2.75) is 59.9 Å². The second kappa shape index (κ2) is 10.3. The Hall–Kier alpha value is -0.530. The van der Waals surface area contributed by atoms with E-state index < -0.39 is 0 Å². The van der Waals surface area contributed by atoms with Crippen LogP contribution in [0.25, 0.3) is 0 Å². The molecule has 5 nitrogen and oxygen atoms in total. The zero-order chi connectivity index (χ0) is 15.9. The topological polar surface area (TPSA) is 56.7 Å². The van der Waals surface area contributed by atoms with Crippen LogP contribution in [0.2, 0.25) is 0 Å². The van der Waals surface area contributed by atoms with Gasteiger partial charge in [-0.3, -0.25) is 9.79 Å². The van der Waals surface area contributed by atoms with Crippen LogP contribution in [0.15, 0.2) is 4.99 Å². The SMILES string of the molecule is CCNC(=NCCC(=O)NC(C)CC)N1CCC(C)(C)C1.I. The summed E-state index contributed by atoms with van der Waals surface area (Å²) in [5.41, 5.74) is 0.351. The maximum absolute atomic E-state index is 11.8. The van der Waals surface area contributed by atoms with E-state index in [1.807, 2.05) is 6.92 Å². The fourth-order valence-corrected chi connectivity index (χ4v) is 2.43. The van der Waals surface area contributed by atoms with E-state index in [1.54, 1.807) is 0 Å². The number of hydrogen-bond donors (Lipinski definition) is 2. The quantitative estimate of drug-likeness (QED) is 0.392. The number of likely N-dealkylation sites (tertiary alicyclic amines) is 1. The minimum Gasteiger partial charge on any atom is -0.357 e. The summed E-state index contributed by atoms with van der Waals surface area (Å²) in [5, 5.41) is 6.31. The molecule has 1 heterocycles. The Morgan fingerprint density at radius 1 is 1.36 bits per heavy atom. The van der Waals surface area contributed by atoms with Crippen molar-refractivity contribution in [2.75, 3.05) is 26.2 Å². The lowest BCUT2D eigenvalue weighted by Crippen LogP contribution is -2.41. The van der Waals surface area contributed by atoms with Gasteiger partial charge in [0.25, 0.3) is 0 Å². The summed E-state index contributed by atoms with van der Waals surface area (Å²) in [6, 6.07) is 0.245. The Labute approximate surface area is 152 Å². The van der Waals surface area contributed by atoms with E-state index in [2.05, 4.69) is 48.2 Å². The molecule has 1 atom stereocenters. The van der Waals surface area contributed by atoms with Gasteiger partial charge in [0, 0.05) is 32.1 Å². The summed E-state index contributed by atoms with van der Waals surface area (Å²) in [6.07, 6.45) is 2.60. The van der Waals surface area contributed by atoms with Crippen molar-refractivity contribution in [3.63, 3.8) is 0 Å². The molecule has 1 unspecified atom stereocenters. The first-order chi connectivity index (χ1) is 9.88. The number of rotatable bonds is 6. The monoisotopic (exact) mass is 424 g/mol. The summed E-state index contributed by atoms with van der Waals surface area (Å²) >= 11 is 0. The number of carbonyl (C=O) groups is 1. The molecule has 0 radical (unpaired) electrons. The minimum atomic E-state index is 0. The van der Waals surface area contributed by atoms with Crippen molar-refractivity contribution in [1.82, 2.24) is 15.5 Å². The highest BCUT2D eigenvalue weighted by molar-refractivity contribution is 14.0. The van der Waals surface area contributed by atoms with Crippen LogP contribution in [0.3, 0.4) is 0 Å². The maximum Gasteiger partial charge on any atom is 0.222 e. The van der Waals surface area contributed by atoms with E-state index in [-0.39, 0.29) is 35.9 Å². The second-order valence-electron chi connectivity index (χ2n) is 6.70. The van der Waals surface area contributed by atoms with Crippen molar-refractivity contribution in [1.29, 1.82) is 0 Å². The van der Waals surface area contributed by atoms with Crippen LogP contribution in [-0.4, -0.2) is 49.0 Å². The Kier molecular flexibility index (Phi) is 10.0. The van der Waals surface area contributed by atoms with Crippen molar-refractivity contribution in [2.24, 2.45) is 10.4 Å². The Bertz CT molecular complexity index is 371. The highest BCUT2D eigenvalue weighted by Crippen LogP contribution is 2.28. The van der Waals surface area contributed by atoms with Gasteiger partial charge >= 0.3 is 0 Å². The van der Waals surface area contributed by atoms with Crippen LogP contribution in [0.4, 0.5) is 0 Å². The molecule has 1 fully saturated rings. The molecule has 0 saturated carbocycles. The highest BCUT2D eigenvalue weighted by atomic mass is 127. The number of aliphatic imine (C=N–C) groups is 1. The van der Waals surface area contributed by atoms with E-state index in [4.69, 9.17) is 0 Å². The number of hydrogen-bond acceptors (Lipinski definition) is 2. The summed E-state index contributed by atoms with van der Waals surface area (Å²) in [6.45, 7) is 14.2. The predicted octanol–water partition coefficient (Wildman–Crippen LogP) is 2.61. The number of halogens is 1. The van der Waals surface area contributed by atoms with E-state index >= 15 is 0 Å². The first-order valence-electron chi connectivity index (χ1n) is 8.20. The summed E-state index contributed by atoms with van der Waals surface area (Å²) in [5.74, 6) is 1.03. The van der Waals surface area contributed by atoms with Crippen LogP contribution in [0, 0.1) is 5.41 Å². The molecule has 2 N–H and O–H groups in total. The largest absolute Gasteiger partial charge is 0.357 e. The highest BCUT2D eigenvalue weighted by Gasteiger charge is 2.30. The Morgan fingerprint density at radius 3 is 2.55 bits per heavy atom. The maximum atomic E-state index is 11.8. The lowest BCUT2D eigenvalue weighted by Gasteiger charge is -2.23. The van der Waals surface area contributed by atoms with Crippen LogP contribution in [0.1, 0.15) is 53.9 Å². The van der Waals surface area contributed by atoms with E-state index in [0.29, 0.717) is 18.4 Å². The van der Waals surface area contributed by atoms with Crippen molar-refractivity contribution in [3.05, 3.63) is 0 Å². The van der Waals surface area contributed by atoms with Gasteiger partial charge in [-0.2, -0.15) is 0 Å². The number of guanidine groups is 1. The van der Waals surface area contributed by atoms with Crippen molar-refractivity contribution < 1.29 is 4.79 Å². The number of carbonyl (C=O) groups excluding carboxylic acids is 1. The molecule has 22 heavy (non-hydrogen) atoms. The number of amides is 1. The van der Waals surface area contributed by atoms with Gasteiger partial charge in [-0.25, -0.2) is 0 Å². The molecule has 0 aliphatic carbocycles. The second-order valence-corrected chi connectivity index (χ2v) is 6.70. The molecule has 130 valence electrons. The van der Waals surface area contributed by atoms with Gasteiger partial charge in [0.1, 0.15) is 0 Å². The van der Waals surface area contributed by atoms with Gasteiger partial charge < -0.3 is 15.5 Å². The van der Waals surface area contributed by atoms with Crippen LogP contribution in [0.5, 0.6) is 0 Å². The molecule has 1 aliphatic heterocycles. The third-order valence-corrected chi connectivity index (χ3v) is 3.93. The first-order valence-corrected chi connectivity index (χ1v) is 8.20. The van der Waals surface area contributed by atoms with Gasteiger partial charge in [-0.15, -0.1) is 24.0 Å². The molecule has 1 aliphatic rings. The molecule has 6 heteroatoms. The third kappa shape index (κ3) is 7.65. The predicted molar refractivity (Wildman–Crippen MR) is 104 cm³/mol. The molecule has 0 aromatic rings. The average molecular weight is 424 g/mol. The van der Waals surface area contributed by atoms with Crippen LogP contribution >= 0.6 is 24.0 Å². The smallest absolute Gasteiger partial charge is 0.222 e. The number of nitrogens with one attached hydrogen (secondary N) is 2. The molecular formula is C16H33IN4O. The average Bonchev–Trinajstić information content (AvgIpc) is 2.77.